The Kier molecular flexibility index (Phi) is 5.81. The second-order valence-electron chi connectivity index (χ2n) is 7.30. The Morgan fingerprint density at radius 1 is 1.26 bits per heavy atom. The fourth-order valence-electron chi connectivity index (χ4n) is 3.04. The lowest BCUT2D eigenvalue weighted by Crippen LogP contribution is -2.12. The number of amides is 1. The van der Waals surface area contributed by atoms with Crippen LogP contribution in [0.5, 0.6) is 0 Å². The van der Waals surface area contributed by atoms with Crippen molar-refractivity contribution in [1.82, 2.24) is 24.7 Å². The van der Waals surface area contributed by atoms with Gasteiger partial charge in [-0.15, -0.1) is 0 Å². The zero-order chi connectivity index (χ0) is 22.0. The van der Waals surface area contributed by atoms with Gasteiger partial charge < -0.3 is 15.5 Å². The van der Waals surface area contributed by atoms with Crippen LogP contribution in [0.25, 0.3) is 11.2 Å². The maximum atomic E-state index is 12.6. The molecule has 0 saturated heterocycles. The predicted molar refractivity (Wildman–Crippen MR) is 124 cm³/mol. The lowest BCUT2D eigenvalue weighted by atomic mass is 10.1. The van der Waals surface area contributed by atoms with Crippen molar-refractivity contribution in [3.8, 4) is 0 Å². The summed E-state index contributed by atoms with van der Waals surface area (Å²) in [6, 6.07) is 7.69. The maximum Gasteiger partial charge on any atom is 0.267 e. The van der Waals surface area contributed by atoms with Crippen LogP contribution in [0.1, 0.15) is 35.1 Å². The van der Waals surface area contributed by atoms with Crippen molar-refractivity contribution in [3.63, 3.8) is 0 Å². The first-order valence-corrected chi connectivity index (χ1v) is 10.8. The van der Waals surface area contributed by atoms with Gasteiger partial charge in [-0.3, -0.25) is 9.48 Å². The Hall–Kier alpha value is -3.53. The van der Waals surface area contributed by atoms with Crippen LogP contribution in [0.15, 0.2) is 42.9 Å². The molecule has 9 nitrogen and oxygen atoms in total. The van der Waals surface area contributed by atoms with Gasteiger partial charge in [-0.1, -0.05) is 23.5 Å². The van der Waals surface area contributed by atoms with E-state index in [0.717, 1.165) is 28.4 Å². The topological polar surface area (TPSA) is 101 Å². The minimum Gasteiger partial charge on any atom is -0.362 e. The molecule has 0 bridgehead atoms. The van der Waals surface area contributed by atoms with Crippen LogP contribution in [0, 0.1) is 0 Å². The van der Waals surface area contributed by atoms with E-state index in [9.17, 15) is 4.79 Å². The molecular formula is C21H24N8OS. The number of aromatic nitrogens is 5. The highest BCUT2D eigenvalue weighted by molar-refractivity contribution is 7.17. The second kappa shape index (κ2) is 8.68. The predicted octanol–water partition coefficient (Wildman–Crippen LogP) is 3.79. The molecule has 0 spiro atoms. The molecule has 0 fully saturated rings. The highest BCUT2D eigenvalue weighted by Crippen LogP contribution is 2.24. The maximum absolute atomic E-state index is 12.6. The van der Waals surface area contributed by atoms with Gasteiger partial charge in [0.15, 0.2) is 5.13 Å². The molecule has 4 aromatic rings. The molecule has 10 heteroatoms. The van der Waals surface area contributed by atoms with E-state index in [1.165, 1.54) is 11.3 Å². The molecule has 0 aliphatic heterocycles. The van der Waals surface area contributed by atoms with Gasteiger partial charge in [0.05, 0.1) is 24.6 Å². The first-order chi connectivity index (χ1) is 14.9. The number of aryl methyl sites for hydroxylation is 1. The third-order valence-electron chi connectivity index (χ3n) is 4.71. The number of nitrogens with zero attached hydrogens (tertiary/aromatic N) is 6. The number of rotatable bonds is 7. The molecule has 3 aromatic heterocycles. The Morgan fingerprint density at radius 2 is 2.10 bits per heavy atom. The van der Waals surface area contributed by atoms with E-state index in [4.69, 9.17) is 0 Å². The van der Waals surface area contributed by atoms with Crippen molar-refractivity contribution < 1.29 is 4.79 Å². The van der Waals surface area contributed by atoms with Gasteiger partial charge in [-0.2, -0.15) is 5.10 Å². The number of hydrogen-bond donors (Lipinski definition) is 2. The van der Waals surface area contributed by atoms with Crippen molar-refractivity contribution in [2.24, 2.45) is 0 Å². The average Bonchev–Trinajstić information content (AvgIpc) is 3.41. The summed E-state index contributed by atoms with van der Waals surface area (Å²) in [4.78, 5) is 28.2. The van der Waals surface area contributed by atoms with E-state index >= 15 is 0 Å². The molecule has 0 radical (unpaired) electrons. The van der Waals surface area contributed by atoms with Crippen LogP contribution >= 0.6 is 11.3 Å². The molecule has 160 valence electrons. The molecular weight excluding hydrogens is 412 g/mol. The van der Waals surface area contributed by atoms with Crippen molar-refractivity contribution in [2.45, 2.75) is 26.4 Å². The van der Waals surface area contributed by atoms with Crippen molar-refractivity contribution >= 4 is 45.0 Å². The van der Waals surface area contributed by atoms with Gasteiger partial charge in [-0.25, -0.2) is 15.0 Å². The SMILES string of the molecule is CCn1cc2ncc(N[C@@H](C)c3cccc(NC(=O)c4cnc(N(C)C)s4)c3)nc2n1. The normalized spacial score (nSPS) is 12.0. The Balaban J connectivity index is 1.46. The number of hydrogen-bond acceptors (Lipinski definition) is 8. The summed E-state index contributed by atoms with van der Waals surface area (Å²) in [7, 11) is 3.80. The van der Waals surface area contributed by atoms with Gasteiger partial charge in [0, 0.05) is 26.3 Å². The van der Waals surface area contributed by atoms with Crippen LogP contribution in [0.2, 0.25) is 0 Å². The second-order valence-corrected chi connectivity index (χ2v) is 8.31. The summed E-state index contributed by atoms with van der Waals surface area (Å²) in [5.74, 6) is 0.475. The van der Waals surface area contributed by atoms with E-state index in [0.29, 0.717) is 16.3 Å². The number of fused-ring (bicyclic) bond motifs is 1. The summed E-state index contributed by atoms with van der Waals surface area (Å²) in [6.07, 6.45) is 5.18. The fraction of sp³-hybridized carbons (Fsp3) is 0.286. The smallest absolute Gasteiger partial charge is 0.267 e. The van der Waals surface area contributed by atoms with Gasteiger partial charge >= 0.3 is 0 Å². The molecule has 0 saturated carbocycles. The summed E-state index contributed by atoms with van der Waals surface area (Å²) in [5.41, 5.74) is 3.11. The van der Waals surface area contributed by atoms with Crippen LogP contribution in [0.4, 0.5) is 16.6 Å². The largest absolute Gasteiger partial charge is 0.362 e. The van der Waals surface area contributed by atoms with Crippen LogP contribution in [-0.4, -0.2) is 44.7 Å². The highest BCUT2D eigenvalue weighted by atomic mass is 32.1. The first-order valence-electron chi connectivity index (χ1n) is 9.94. The summed E-state index contributed by atoms with van der Waals surface area (Å²) < 4.78 is 1.81. The van der Waals surface area contributed by atoms with Crippen LogP contribution in [-0.2, 0) is 6.54 Å². The number of nitrogens with one attached hydrogen (secondary N) is 2. The molecule has 0 unspecified atom stereocenters. The lowest BCUT2D eigenvalue weighted by Gasteiger charge is -2.16. The molecule has 1 atom stereocenters. The van der Waals surface area contributed by atoms with Crippen LogP contribution in [0.3, 0.4) is 0 Å². The molecule has 0 aliphatic rings. The van der Waals surface area contributed by atoms with E-state index in [1.807, 2.05) is 68.0 Å². The van der Waals surface area contributed by atoms with Crippen molar-refractivity contribution in [1.29, 1.82) is 0 Å². The minimum atomic E-state index is -0.175. The number of thiazole rings is 1. The van der Waals surface area contributed by atoms with E-state index < -0.39 is 0 Å². The summed E-state index contributed by atoms with van der Waals surface area (Å²) in [6.45, 7) is 4.83. The minimum absolute atomic E-state index is 0.0411. The van der Waals surface area contributed by atoms with E-state index in [1.54, 1.807) is 12.4 Å². The molecule has 2 N–H and O–H groups in total. The molecule has 3 heterocycles. The van der Waals surface area contributed by atoms with Crippen molar-refractivity contribution in [2.75, 3.05) is 29.6 Å². The number of carbonyl (C=O) groups excluding carboxylic acids is 1. The third kappa shape index (κ3) is 4.64. The quantitative estimate of drug-likeness (QED) is 0.454. The standard InChI is InChI=1S/C21H24N8OS/c1-5-29-12-16-19(27-29)26-18(11-22-16)24-13(2)14-7-6-8-15(9-14)25-20(30)17-10-23-21(31-17)28(3)4/h6-13H,5H2,1-4H3,(H,25,30)(H,24,26,27)/t13-/m0/s1. The monoisotopic (exact) mass is 436 g/mol. The Labute approximate surface area is 184 Å². The van der Waals surface area contributed by atoms with Crippen LogP contribution < -0.4 is 15.5 Å². The van der Waals surface area contributed by atoms with E-state index in [2.05, 4.69) is 30.7 Å². The fourth-order valence-corrected chi connectivity index (χ4v) is 3.77. The van der Waals surface area contributed by atoms with Gasteiger partial charge in [0.1, 0.15) is 16.2 Å². The zero-order valence-electron chi connectivity index (χ0n) is 17.8. The average molecular weight is 437 g/mol. The molecule has 31 heavy (non-hydrogen) atoms. The number of carbonyl (C=O) groups is 1. The van der Waals surface area contributed by atoms with Gasteiger partial charge in [-0.05, 0) is 31.5 Å². The summed E-state index contributed by atoms with van der Waals surface area (Å²) >= 11 is 1.35. The molecule has 1 aromatic carbocycles. The summed E-state index contributed by atoms with van der Waals surface area (Å²) in [5, 5.41) is 11.5. The van der Waals surface area contributed by atoms with Gasteiger partial charge in [0.2, 0.25) is 5.65 Å². The first kappa shape index (κ1) is 20.7. The van der Waals surface area contributed by atoms with E-state index in [-0.39, 0.29) is 11.9 Å². The molecule has 4 rings (SSSR count). The zero-order valence-corrected chi connectivity index (χ0v) is 18.6. The third-order valence-corrected chi connectivity index (χ3v) is 5.87. The Morgan fingerprint density at radius 3 is 2.84 bits per heavy atom. The molecule has 0 aliphatic carbocycles. The number of anilines is 3. The van der Waals surface area contributed by atoms with Crippen molar-refractivity contribution in [3.05, 3.63) is 53.3 Å². The number of benzene rings is 1. The van der Waals surface area contributed by atoms with Gasteiger partial charge in [0.25, 0.3) is 5.91 Å². The molecule has 1 amide bonds. The lowest BCUT2D eigenvalue weighted by molar-refractivity contribution is 0.103. The highest BCUT2D eigenvalue weighted by Gasteiger charge is 2.14. The Bertz CT molecular complexity index is 1220.